The summed E-state index contributed by atoms with van der Waals surface area (Å²) < 4.78 is 25.4. The number of hydrogen-bond donors (Lipinski definition) is 3. The molecule has 7 nitrogen and oxygen atoms in total. The van der Waals surface area contributed by atoms with Crippen LogP contribution in [-0.4, -0.2) is 57.5 Å². The number of β-amino-alcohol motifs (C(OH)–C–C–N with tert-alkyl or cyclic N) is 1. The lowest BCUT2D eigenvalue weighted by Crippen LogP contribution is -2.34. The highest BCUT2D eigenvalue weighted by molar-refractivity contribution is 7.93. The number of aliphatic hydroxyl groups excluding tert-OH is 1. The molecule has 0 aliphatic carbocycles. The molecule has 0 spiro atoms. The van der Waals surface area contributed by atoms with Crippen molar-refractivity contribution in [2.45, 2.75) is 19.4 Å². The van der Waals surface area contributed by atoms with Gasteiger partial charge in [0.1, 0.15) is 0 Å². The van der Waals surface area contributed by atoms with Gasteiger partial charge in [0.15, 0.2) is 0 Å². The lowest BCUT2D eigenvalue weighted by atomic mass is 10.0. The largest absolute Gasteiger partial charge is 0.391 e. The van der Waals surface area contributed by atoms with E-state index in [-0.39, 0.29) is 17.6 Å². The van der Waals surface area contributed by atoms with Gasteiger partial charge in [0, 0.05) is 37.7 Å². The molecule has 2 saturated heterocycles. The van der Waals surface area contributed by atoms with E-state index in [1.807, 2.05) is 0 Å². The average Bonchev–Trinajstić information content (AvgIpc) is 3.09. The molecule has 8 heteroatoms. The summed E-state index contributed by atoms with van der Waals surface area (Å²) in [6, 6.07) is 5.08. The molecule has 1 aromatic carbocycles. The van der Waals surface area contributed by atoms with Crippen molar-refractivity contribution >= 4 is 21.6 Å². The van der Waals surface area contributed by atoms with Crippen LogP contribution in [0.3, 0.4) is 0 Å². The van der Waals surface area contributed by atoms with E-state index >= 15 is 0 Å². The molecule has 3 N–H and O–H groups in total. The monoisotopic (exact) mass is 353 g/mol. The molecular formula is C16H23N3O4S. The summed E-state index contributed by atoms with van der Waals surface area (Å²) in [5.74, 6) is -0.0165. The molecule has 1 aromatic rings. The van der Waals surface area contributed by atoms with Crippen molar-refractivity contribution in [2.75, 3.05) is 36.2 Å². The Morgan fingerprint density at radius 2 is 2.21 bits per heavy atom. The minimum absolute atomic E-state index is 0.0169. The first-order valence-electron chi connectivity index (χ1n) is 8.16. The summed E-state index contributed by atoms with van der Waals surface area (Å²) in [5.41, 5.74) is 1.87. The van der Waals surface area contributed by atoms with E-state index in [9.17, 15) is 18.3 Å². The predicted octanol–water partition coefficient (Wildman–Crippen LogP) is -0.155. The predicted molar refractivity (Wildman–Crippen MR) is 91.6 cm³/mol. The van der Waals surface area contributed by atoms with E-state index in [0.717, 1.165) is 5.56 Å². The van der Waals surface area contributed by atoms with Crippen LogP contribution in [0.5, 0.6) is 0 Å². The Kier molecular flexibility index (Phi) is 4.80. The lowest BCUT2D eigenvalue weighted by molar-refractivity contribution is 0.0926. The van der Waals surface area contributed by atoms with Crippen LogP contribution in [0, 0.1) is 12.8 Å². The number of aliphatic hydroxyl groups is 1. The van der Waals surface area contributed by atoms with Crippen LogP contribution >= 0.6 is 0 Å². The molecule has 24 heavy (non-hydrogen) atoms. The first kappa shape index (κ1) is 17.2. The fraction of sp³-hybridized carbons (Fsp3) is 0.562. The van der Waals surface area contributed by atoms with E-state index in [1.165, 1.54) is 4.31 Å². The molecule has 2 aliphatic rings. The number of anilines is 1. The third kappa shape index (κ3) is 3.40. The average molecular weight is 353 g/mol. The Morgan fingerprint density at radius 1 is 1.42 bits per heavy atom. The maximum atomic E-state index is 12.3. The van der Waals surface area contributed by atoms with Crippen molar-refractivity contribution in [2.24, 2.45) is 5.92 Å². The third-order valence-corrected chi connectivity index (χ3v) is 6.54. The number of sulfonamides is 1. The second-order valence-electron chi connectivity index (χ2n) is 6.44. The van der Waals surface area contributed by atoms with E-state index in [2.05, 4.69) is 10.6 Å². The molecule has 2 unspecified atom stereocenters. The number of benzene rings is 1. The topological polar surface area (TPSA) is 98.7 Å². The summed E-state index contributed by atoms with van der Waals surface area (Å²) in [6.45, 7) is 3.94. The molecule has 132 valence electrons. The van der Waals surface area contributed by atoms with Crippen LogP contribution in [0.2, 0.25) is 0 Å². The molecule has 3 rings (SSSR count). The number of hydrogen-bond acceptors (Lipinski definition) is 5. The van der Waals surface area contributed by atoms with Gasteiger partial charge in [-0.15, -0.1) is 0 Å². The van der Waals surface area contributed by atoms with Crippen LogP contribution in [0.25, 0.3) is 0 Å². The summed E-state index contributed by atoms with van der Waals surface area (Å²) in [7, 11) is -3.22. The van der Waals surface area contributed by atoms with Crippen LogP contribution < -0.4 is 14.9 Å². The molecule has 2 heterocycles. The number of aryl methyl sites for hydroxylation is 1. The van der Waals surface area contributed by atoms with E-state index in [1.54, 1.807) is 25.1 Å². The fourth-order valence-electron chi connectivity index (χ4n) is 3.23. The Bertz CT molecular complexity index is 735. The highest BCUT2D eigenvalue weighted by Gasteiger charge is 2.29. The third-order valence-electron chi connectivity index (χ3n) is 4.67. The first-order chi connectivity index (χ1) is 11.4. The first-order valence-corrected chi connectivity index (χ1v) is 9.77. The highest BCUT2D eigenvalue weighted by Crippen LogP contribution is 2.26. The van der Waals surface area contributed by atoms with Crippen LogP contribution in [-0.2, 0) is 10.0 Å². The van der Waals surface area contributed by atoms with Gasteiger partial charge < -0.3 is 15.7 Å². The zero-order valence-corrected chi connectivity index (χ0v) is 14.5. The molecular weight excluding hydrogens is 330 g/mol. The van der Waals surface area contributed by atoms with Crippen molar-refractivity contribution in [1.82, 2.24) is 10.6 Å². The van der Waals surface area contributed by atoms with Crippen molar-refractivity contribution in [3.8, 4) is 0 Å². The number of carbonyl (C=O) groups excluding carboxylic acids is 1. The lowest BCUT2D eigenvalue weighted by Gasteiger charge is -2.19. The van der Waals surface area contributed by atoms with Gasteiger partial charge in [-0.3, -0.25) is 9.10 Å². The highest BCUT2D eigenvalue weighted by atomic mass is 32.2. The normalized spacial score (nSPS) is 25.8. The standard InChI is InChI=1S/C16H23N3O4S/c1-11-7-13(19-5-2-6-24(19,22)23)3-4-14(11)16(21)18-9-12-8-17-10-15(12)20/h3-4,7,12,15,17,20H,2,5-6,8-10H2,1H3,(H,18,21). The fourth-order valence-corrected chi connectivity index (χ4v) is 4.79. The van der Waals surface area contributed by atoms with Gasteiger partial charge in [0.2, 0.25) is 10.0 Å². The van der Waals surface area contributed by atoms with Crippen LogP contribution in [0.4, 0.5) is 5.69 Å². The van der Waals surface area contributed by atoms with Gasteiger partial charge in [0.25, 0.3) is 5.91 Å². The molecule has 0 radical (unpaired) electrons. The van der Waals surface area contributed by atoms with Gasteiger partial charge in [-0.2, -0.15) is 0 Å². The zero-order chi connectivity index (χ0) is 17.3. The van der Waals surface area contributed by atoms with Crippen molar-refractivity contribution in [3.63, 3.8) is 0 Å². The van der Waals surface area contributed by atoms with Gasteiger partial charge in [-0.1, -0.05) is 0 Å². The summed E-state index contributed by atoms with van der Waals surface area (Å²) in [4.78, 5) is 12.3. The van der Waals surface area contributed by atoms with Crippen LogP contribution in [0.15, 0.2) is 18.2 Å². The number of nitrogens with zero attached hydrogens (tertiary/aromatic N) is 1. The number of carbonyl (C=O) groups is 1. The molecule has 2 fully saturated rings. The Balaban J connectivity index is 1.69. The molecule has 0 bridgehead atoms. The van der Waals surface area contributed by atoms with Crippen molar-refractivity contribution < 1.29 is 18.3 Å². The number of rotatable bonds is 4. The Labute approximate surface area is 142 Å². The number of nitrogens with one attached hydrogen (secondary N) is 2. The van der Waals surface area contributed by atoms with E-state index < -0.39 is 16.1 Å². The molecule has 1 amide bonds. The molecule has 0 saturated carbocycles. The number of amides is 1. The van der Waals surface area contributed by atoms with Gasteiger partial charge in [-0.05, 0) is 37.1 Å². The quantitative estimate of drug-likeness (QED) is 0.699. The summed E-state index contributed by atoms with van der Waals surface area (Å²) in [6.07, 6.45) is 0.190. The van der Waals surface area contributed by atoms with E-state index in [4.69, 9.17) is 0 Å². The SMILES string of the molecule is Cc1cc(N2CCCS2(=O)=O)ccc1C(=O)NCC1CNCC1O. The zero-order valence-electron chi connectivity index (χ0n) is 13.7. The molecule has 2 atom stereocenters. The Morgan fingerprint density at radius 3 is 2.79 bits per heavy atom. The minimum Gasteiger partial charge on any atom is -0.391 e. The van der Waals surface area contributed by atoms with Gasteiger partial charge in [0.05, 0.1) is 17.5 Å². The van der Waals surface area contributed by atoms with Crippen molar-refractivity contribution in [1.29, 1.82) is 0 Å². The van der Waals surface area contributed by atoms with E-state index in [0.29, 0.717) is 43.9 Å². The smallest absolute Gasteiger partial charge is 0.251 e. The maximum Gasteiger partial charge on any atom is 0.251 e. The second-order valence-corrected chi connectivity index (χ2v) is 8.45. The van der Waals surface area contributed by atoms with Crippen molar-refractivity contribution in [3.05, 3.63) is 29.3 Å². The Hall–Kier alpha value is -1.64. The molecule has 2 aliphatic heterocycles. The van der Waals surface area contributed by atoms with Gasteiger partial charge in [-0.25, -0.2) is 8.42 Å². The second kappa shape index (κ2) is 6.70. The summed E-state index contributed by atoms with van der Waals surface area (Å²) >= 11 is 0. The maximum absolute atomic E-state index is 12.3. The minimum atomic E-state index is -3.22. The van der Waals surface area contributed by atoms with Crippen LogP contribution in [0.1, 0.15) is 22.3 Å². The summed E-state index contributed by atoms with van der Waals surface area (Å²) in [5, 5.41) is 15.7. The van der Waals surface area contributed by atoms with Gasteiger partial charge >= 0.3 is 0 Å². The molecule has 0 aromatic heterocycles.